The minimum atomic E-state index is 0.147. The fourth-order valence-electron chi connectivity index (χ4n) is 1.27. The van der Waals surface area contributed by atoms with Gasteiger partial charge in [0, 0.05) is 19.3 Å². The zero-order valence-electron chi connectivity index (χ0n) is 10.7. The van der Waals surface area contributed by atoms with Crippen LogP contribution in [0.1, 0.15) is 0 Å². The molecule has 0 aliphatic heterocycles. The number of nitrogen functional groups attached to an aromatic ring is 1. The van der Waals surface area contributed by atoms with Crippen molar-refractivity contribution >= 4 is 30.3 Å². The van der Waals surface area contributed by atoms with Crippen molar-refractivity contribution < 1.29 is 4.79 Å². The first-order valence-corrected chi connectivity index (χ1v) is 6.59. The molecule has 1 heterocycles. The van der Waals surface area contributed by atoms with Crippen LogP contribution in [0.4, 0.5) is 11.9 Å². The van der Waals surface area contributed by atoms with E-state index in [1.54, 1.807) is 18.4 Å². The molecule has 19 heavy (non-hydrogen) atoms. The topological polar surface area (TPSA) is 92.3 Å². The smallest absolute Gasteiger partial charge is 0.249 e. The van der Waals surface area contributed by atoms with Crippen molar-refractivity contribution in [1.29, 1.82) is 0 Å². The highest BCUT2D eigenvalue weighted by atomic mass is 32.2. The normalized spacial score (nSPS) is 9.74. The first kappa shape index (κ1) is 14.9. The SMILES string of the molecule is C=CCN(CC=C)c1nc(N)n(NN(C=O)SC)n1. The first-order valence-electron chi connectivity index (χ1n) is 5.40. The number of nitrogens with zero attached hydrogens (tertiary/aromatic N) is 5. The average molecular weight is 283 g/mol. The van der Waals surface area contributed by atoms with Gasteiger partial charge in [0.2, 0.25) is 18.3 Å². The summed E-state index contributed by atoms with van der Waals surface area (Å²) in [5, 5.41) is 4.17. The standard InChI is InChI=1S/C10H17N7OS/c1-4-6-15(7-5-2)10-12-9(11)17(13-10)14-16(8-18)19-3/h4-5,8,14H,1-2,6-7H2,3H3,(H2,11,12,13). The third kappa shape index (κ3) is 3.91. The number of hydrogen-bond acceptors (Lipinski definition) is 7. The number of carbonyl (C=O) groups excluding carboxylic acids is 1. The molecule has 1 aromatic rings. The van der Waals surface area contributed by atoms with E-state index in [-0.39, 0.29) is 5.95 Å². The van der Waals surface area contributed by atoms with Gasteiger partial charge in [0.05, 0.1) is 0 Å². The van der Waals surface area contributed by atoms with Gasteiger partial charge in [-0.1, -0.05) is 12.2 Å². The summed E-state index contributed by atoms with van der Waals surface area (Å²) in [6.45, 7) is 8.47. The van der Waals surface area contributed by atoms with Gasteiger partial charge in [0.15, 0.2) is 0 Å². The molecule has 3 N–H and O–H groups in total. The molecule has 1 amide bonds. The highest BCUT2D eigenvalue weighted by molar-refractivity contribution is 7.96. The molecule has 0 fully saturated rings. The van der Waals surface area contributed by atoms with E-state index >= 15 is 0 Å². The Balaban J connectivity index is 2.89. The summed E-state index contributed by atoms with van der Waals surface area (Å²) in [5.74, 6) is 0.575. The molecule has 0 radical (unpaired) electrons. The molecule has 0 saturated carbocycles. The van der Waals surface area contributed by atoms with Crippen molar-refractivity contribution in [3.05, 3.63) is 25.3 Å². The Morgan fingerprint density at radius 3 is 2.58 bits per heavy atom. The van der Waals surface area contributed by atoms with Crippen LogP contribution in [-0.4, -0.2) is 45.0 Å². The minimum absolute atomic E-state index is 0.147. The molecule has 1 rings (SSSR count). The van der Waals surface area contributed by atoms with Crippen LogP contribution in [-0.2, 0) is 4.79 Å². The van der Waals surface area contributed by atoms with E-state index in [1.165, 1.54) is 21.2 Å². The zero-order valence-corrected chi connectivity index (χ0v) is 11.5. The monoisotopic (exact) mass is 283 g/mol. The fourth-order valence-corrected chi connectivity index (χ4v) is 1.52. The summed E-state index contributed by atoms with van der Waals surface area (Å²) in [6, 6.07) is 0. The van der Waals surface area contributed by atoms with Crippen LogP contribution in [0.25, 0.3) is 0 Å². The predicted molar refractivity (Wildman–Crippen MR) is 77.8 cm³/mol. The minimum Gasteiger partial charge on any atom is -0.366 e. The second-order valence-electron chi connectivity index (χ2n) is 3.38. The van der Waals surface area contributed by atoms with Gasteiger partial charge in [-0.15, -0.1) is 23.0 Å². The van der Waals surface area contributed by atoms with Crippen LogP contribution in [0.5, 0.6) is 0 Å². The number of anilines is 2. The first-order chi connectivity index (χ1) is 9.15. The van der Waals surface area contributed by atoms with Crippen LogP contribution in [0, 0.1) is 0 Å². The van der Waals surface area contributed by atoms with Gasteiger partial charge in [-0.2, -0.15) is 9.40 Å². The lowest BCUT2D eigenvalue weighted by atomic mass is 10.5. The highest BCUT2D eigenvalue weighted by Crippen LogP contribution is 2.11. The van der Waals surface area contributed by atoms with Crippen molar-refractivity contribution in [3.63, 3.8) is 0 Å². The number of amides is 1. The van der Waals surface area contributed by atoms with Crippen LogP contribution >= 0.6 is 11.9 Å². The fraction of sp³-hybridized carbons (Fsp3) is 0.300. The van der Waals surface area contributed by atoms with Crippen molar-refractivity contribution in [1.82, 2.24) is 19.3 Å². The van der Waals surface area contributed by atoms with Gasteiger partial charge in [0.1, 0.15) is 0 Å². The summed E-state index contributed by atoms with van der Waals surface area (Å²) in [5.41, 5.74) is 8.40. The molecule has 104 valence electrons. The van der Waals surface area contributed by atoms with Crippen molar-refractivity contribution in [2.24, 2.45) is 0 Å². The lowest BCUT2D eigenvalue weighted by molar-refractivity contribution is -0.113. The molecule has 8 nitrogen and oxygen atoms in total. The summed E-state index contributed by atoms with van der Waals surface area (Å²) < 4.78 is 1.21. The van der Waals surface area contributed by atoms with Gasteiger partial charge < -0.3 is 10.6 Å². The molecule has 0 bridgehead atoms. The molecule has 0 atom stereocenters. The largest absolute Gasteiger partial charge is 0.366 e. The average Bonchev–Trinajstić information content (AvgIpc) is 2.77. The van der Waals surface area contributed by atoms with Crippen molar-refractivity contribution in [3.8, 4) is 0 Å². The van der Waals surface area contributed by atoms with Crippen molar-refractivity contribution in [2.45, 2.75) is 0 Å². The summed E-state index contributed by atoms with van der Waals surface area (Å²) in [4.78, 5) is 17.9. The number of hydrogen-bond donors (Lipinski definition) is 2. The maximum absolute atomic E-state index is 10.7. The summed E-state index contributed by atoms with van der Waals surface area (Å²) in [6.07, 6.45) is 5.80. The van der Waals surface area contributed by atoms with Crippen molar-refractivity contribution in [2.75, 3.05) is 35.5 Å². The van der Waals surface area contributed by atoms with Gasteiger partial charge in [-0.3, -0.25) is 4.79 Å². The van der Waals surface area contributed by atoms with E-state index in [0.29, 0.717) is 25.4 Å². The molecule has 0 aliphatic carbocycles. The Labute approximate surface area is 116 Å². The van der Waals surface area contributed by atoms with Crippen LogP contribution < -0.4 is 16.2 Å². The molecule has 0 aliphatic rings. The summed E-state index contributed by atoms with van der Waals surface area (Å²) >= 11 is 1.18. The molecule has 0 saturated heterocycles. The molecule has 1 aromatic heterocycles. The highest BCUT2D eigenvalue weighted by Gasteiger charge is 2.13. The molecule has 0 spiro atoms. The zero-order chi connectivity index (χ0) is 14.3. The predicted octanol–water partition coefficient (Wildman–Crippen LogP) is 0.234. The van der Waals surface area contributed by atoms with E-state index in [9.17, 15) is 4.79 Å². The van der Waals surface area contributed by atoms with Gasteiger partial charge in [-0.05, 0) is 11.9 Å². The van der Waals surface area contributed by atoms with E-state index < -0.39 is 0 Å². The maximum atomic E-state index is 10.7. The number of aromatic nitrogens is 3. The number of carbonyl (C=O) groups is 1. The van der Waals surface area contributed by atoms with E-state index in [4.69, 9.17) is 5.73 Å². The second-order valence-corrected chi connectivity index (χ2v) is 4.14. The van der Waals surface area contributed by atoms with Crippen LogP contribution in [0.3, 0.4) is 0 Å². The lowest BCUT2D eigenvalue weighted by Crippen LogP contribution is -2.31. The molecule has 0 aromatic carbocycles. The third-order valence-electron chi connectivity index (χ3n) is 2.09. The van der Waals surface area contributed by atoms with E-state index in [0.717, 1.165) is 0 Å². The maximum Gasteiger partial charge on any atom is 0.249 e. The van der Waals surface area contributed by atoms with Gasteiger partial charge in [-0.25, -0.2) is 5.53 Å². The number of nitrogens with two attached hydrogens (primary N) is 1. The molecule has 0 unspecified atom stereocenters. The van der Waals surface area contributed by atoms with E-state index in [2.05, 4.69) is 28.8 Å². The third-order valence-corrected chi connectivity index (χ3v) is 2.65. The molecular formula is C10H17N7OS. The van der Waals surface area contributed by atoms with Crippen LogP contribution in [0.15, 0.2) is 25.3 Å². The Kier molecular flexibility index (Phi) is 5.73. The lowest BCUT2D eigenvalue weighted by Gasteiger charge is -2.17. The quantitative estimate of drug-likeness (QED) is 0.290. The Hall–Kier alpha value is -2.16. The van der Waals surface area contributed by atoms with Gasteiger partial charge >= 0.3 is 0 Å². The Morgan fingerprint density at radius 1 is 1.47 bits per heavy atom. The number of rotatable bonds is 9. The number of hydrazine groups is 1. The number of nitrogens with one attached hydrogen (secondary N) is 1. The summed E-state index contributed by atoms with van der Waals surface area (Å²) in [7, 11) is 0. The molecule has 9 heteroatoms. The molecular weight excluding hydrogens is 266 g/mol. The Morgan fingerprint density at radius 2 is 2.11 bits per heavy atom. The van der Waals surface area contributed by atoms with Gasteiger partial charge in [0.25, 0.3) is 0 Å². The van der Waals surface area contributed by atoms with E-state index in [1.807, 2.05) is 4.90 Å². The second kappa shape index (κ2) is 7.31. The Bertz CT molecular complexity index is 437. The van der Waals surface area contributed by atoms with Crippen LogP contribution in [0.2, 0.25) is 0 Å².